The molecule has 19 heavy (non-hydrogen) atoms. The van der Waals surface area contributed by atoms with Gasteiger partial charge in [-0.1, -0.05) is 19.8 Å². The summed E-state index contributed by atoms with van der Waals surface area (Å²) >= 11 is 0. The number of hydrogen-bond acceptors (Lipinski definition) is 4. The second kappa shape index (κ2) is 12.9. The number of nitrogens with zero attached hydrogens (tertiary/aromatic N) is 1. The molecular formula is C15H34N2O2. The minimum atomic E-state index is 0.424. The molecule has 0 aromatic heterocycles. The Morgan fingerprint density at radius 1 is 1.05 bits per heavy atom. The summed E-state index contributed by atoms with van der Waals surface area (Å²) in [6, 6.07) is 0.925. The standard InChI is InChI=1S/C15H34N2O2/c1-6-7-8-9-16-12-14(2)17(10-11-18-4)15(3)13-19-5/h14-16H,6-13H2,1-5H3. The van der Waals surface area contributed by atoms with Crippen LogP contribution in [0.5, 0.6) is 0 Å². The number of unbranched alkanes of at least 4 members (excludes halogenated alkanes) is 2. The van der Waals surface area contributed by atoms with Gasteiger partial charge in [0.05, 0.1) is 13.2 Å². The maximum atomic E-state index is 5.27. The lowest BCUT2D eigenvalue weighted by molar-refractivity contribution is 0.0517. The van der Waals surface area contributed by atoms with E-state index < -0.39 is 0 Å². The zero-order chi connectivity index (χ0) is 14.5. The molecule has 0 aromatic carbocycles. The molecule has 0 rings (SSSR count). The predicted molar refractivity (Wildman–Crippen MR) is 81.8 cm³/mol. The van der Waals surface area contributed by atoms with E-state index in [1.54, 1.807) is 14.2 Å². The third-order valence-corrected chi connectivity index (χ3v) is 3.49. The minimum Gasteiger partial charge on any atom is -0.383 e. The fraction of sp³-hybridized carbons (Fsp3) is 1.00. The third kappa shape index (κ3) is 9.38. The molecule has 0 saturated carbocycles. The smallest absolute Gasteiger partial charge is 0.0615 e. The number of methoxy groups -OCH3 is 2. The van der Waals surface area contributed by atoms with Crippen molar-refractivity contribution in [3.8, 4) is 0 Å². The fourth-order valence-electron chi connectivity index (χ4n) is 2.34. The summed E-state index contributed by atoms with van der Waals surface area (Å²) in [6.45, 7) is 11.4. The Morgan fingerprint density at radius 3 is 2.37 bits per heavy atom. The summed E-state index contributed by atoms with van der Waals surface area (Å²) in [5.74, 6) is 0. The van der Waals surface area contributed by atoms with Gasteiger partial charge in [0.25, 0.3) is 0 Å². The van der Waals surface area contributed by atoms with E-state index in [0.29, 0.717) is 12.1 Å². The van der Waals surface area contributed by atoms with Gasteiger partial charge in [-0.25, -0.2) is 0 Å². The van der Waals surface area contributed by atoms with Crippen LogP contribution in [0.4, 0.5) is 0 Å². The van der Waals surface area contributed by atoms with E-state index in [0.717, 1.165) is 32.8 Å². The molecule has 0 amide bonds. The van der Waals surface area contributed by atoms with Crippen LogP contribution in [0.1, 0.15) is 40.0 Å². The van der Waals surface area contributed by atoms with Crippen LogP contribution in [0.25, 0.3) is 0 Å². The first kappa shape index (κ1) is 18.8. The van der Waals surface area contributed by atoms with Crippen molar-refractivity contribution >= 4 is 0 Å². The second-order valence-corrected chi connectivity index (χ2v) is 5.30. The van der Waals surface area contributed by atoms with Crippen molar-refractivity contribution in [1.82, 2.24) is 10.2 Å². The van der Waals surface area contributed by atoms with Crippen molar-refractivity contribution in [3.05, 3.63) is 0 Å². The van der Waals surface area contributed by atoms with Crippen molar-refractivity contribution < 1.29 is 9.47 Å². The molecule has 4 nitrogen and oxygen atoms in total. The van der Waals surface area contributed by atoms with E-state index in [4.69, 9.17) is 9.47 Å². The van der Waals surface area contributed by atoms with E-state index >= 15 is 0 Å². The van der Waals surface area contributed by atoms with Gasteiger partial charge in [0.2, 0.25) is 0 Å². The van der Waals surface area contributed by atoms with Gasteiger partial charge in [-0.3, -0.25) is 4.90 Å². The Kier molecular flexibility index (Phi) is 12.7. The van der Waals surface area contributed by atoms with E-state index in [1.807, 2.05) is 0 Å². The third-order valence-electron chi connectivity index (χ3n) is 3.49. The molecule has 0 bridgehead atoms. The summed E-state index contributed by atoms with van der Waals surface area (Å²) in [7, 11) is 3.52. The molecule has 0 aromatic rings. The molecule has 0 spiro atoms. The predicted octanol–water partition coefficient (Wildman–Crippen LogP) is 2.14. The van der Waals surface area contributed by atoms with E-state index in [-0.39, 0.29) is 0 Å². The first-order valence-electron chi connectivity index (χ1n) is 7.61. The Bertz CT molecular complexity index is 191. The molecule has 1 N–H and O–H groups in total. The SMILES string of the molecule is CCCCCNCC(C)N(CCOC)C(C)COC. The van der Waals surface area contributed by atoms with Gasteiger partial charge >= 0.3 is 0 Å². The molecule has 2 atom stereocenters. The van der Waals surface area contributed by atoms with E-state index in [9.17, 15) is 0 Å². The minimum absolute atomic E-state index is 0.424. The molecule has 0 aliphatic carbocycles. The zero-order valence-corrected chi connectivity index (χ0v) is 13.6. The van der Waals surface area contributed by atoms with Gasteiger partial charge in [-0.15, -0.1) is 0 Å². The topological polar surface area (TPSA) is 33.7 Å². The summed E-state index contributed by atoms with van der Waals surface area (Å²) in [5.41, 5.74) is 0. The van der Waals surface area contributed by atoms with Crippen LogP contribution in [0, 0.1) is 0 Å². The molecule has 0 heterocycles. The van der Waals surface area contributed by atoms with Gasteiger partial charge in [0.1, 0.15) is 0 Å². The molecule has 0 saturated heterocycles. The Morgan fingerprint density at radius 2 is 1.79 bits per heavy atom. The molecule has 0 radical (unpaired) electrons. The maximum absolute atomic E-state index is 5.27. The molecule has 0 aliphatic heterocycles. The maximum Gasteiger partial charge on any atom is 0.0615 e. The van der Waals surface area contributed by atoms with E-state index in [2.05, 4.69) is 31.0 Å². The summed E-state index contributed by atoms with van der Waals surface area (Å²) in [4.78, 5) is 2.46. The molecule has 116 valence electrons. The first-order chi connectivity index (χ1) is 9.17. The number of nitrogens with one attached hydrogen (secondary N) is 1. The van der Waals surface area contributed by atoms with Crippen LogP contribution in [-0.4, -0.2) is 64.1 Å². The Labute approximate surface area is 119 Å². The lowest BCUT2D eigenvalue weighted by atomic mass is 10.2. The van der Waals surface area contributed by atoms with Crippen LogP contribution in [-0.2, 0) is 9.47 Å². The number of hydrogen-bond donors (Lipinski definition) is 1. The van der Waals surface area contributed by atoms with Crippen molar-refractivity contribution in [3.63, 3.8) is 0 Å². The fourth-order valence-corrected chi connectivity index (χ4v) is 2.34. The van der Waals surface area contributed by atoms with Crippen LogP contribution in [0.3, 0.4) is 0 Å². The highest BCUT2D eigenvalue weighted by atomic mass is 16.5. The highest BCUT2D eigenvalue weighted by Gasteiger charge is 2.19. The molecule has 2 unspecified atom stereocenters. The molecule has 0 fully saturated rings. The Hall–Kier alpha value is -0.160. The average molecular weight is 274 g/mol. The lowest BCUT2D eigenvalue weighted by Crippen LogP contribution is -2.48. The Balaban J connectivity index is 4.02. The van der Waals surface area contributed by atoms with Crippen molar-refractivity contribution in [2.45, 2.75) is 52.1 Å². The zero-order valence-electron chi connectivity index (χ0n) is 13.6. The van der Waals surface area contributed by atoms with Gasteiger partial charge in [0.15, 0.2) is 0 Å². The van der Waals surface area contributed by atoms with Gasteiger partial charge in [-0.2, -0.15) is 0 Å². The van der Waals surface area contributed by atoms with Crippen molar-refractivity contribution in [2.24, 2.45) is 0 Å². The average Bonchev–Trinajstić information content (AvgIpc) is 2.39. The van der Waals surface area contributed by atoms with Crippen LogP contribution in [0.15, 0.2) is 0 Å². The first-order valence-corrected chi connectivity index (χ1v) is 7.61. The largest absolute Gasteiger partial charge is 0.383 e. The van der Waals surface area contributed by atoms with Gasteiger partial charge < -0.3 is 14.8 Å². The lowest BCUT2D eigenvalue weighted by Gasteiger charge is -2.34. The normalized spacial score (nSPS) is 14.8. The van der Waals surface area contributed by atoms with Gasteiger partial charge in [-0.05, 0) is 26.8 Å². The molecule has 4 heteroatoms. The summed E-state index contributed by atoms with van der Waals surface area (Å²) in [6.07, 6.45) is 3.87. The summed E-state index contributed by atoms with van der Waals surface area (Å²) in [5, 5.41) is 3.55. The second-order valence-electron chi connectivity index (χ2n) is 5.30. The monoisotopic (exact) mass is 274 g/mol. The van der Waals surface area contributed by atoms with Crippen LogP contribution in [0.2, 0.25) is 0 Å². The van der Waals surface area contributed by atoms with Crippen LogP contribution < -0.4 is 5.32 Å². The number of ether oxygens (including phenoxy) is 2. The molecular weight excluding hydrogens is 240 g/mol. The quantitative estimate of drug-likeness (QED) is 0.522. The van der Waals surface area contributed by atoms with Crippen molar-refractivity contribution in [1.29, 1.82) is 0 Å². The van der Waals surface area contributed by atoms with Gasteiger partial charge in [0, 0.05) is 39.4 Å². The van der Waals surface area contributed by atoms with E-state index in [1.165, 1.54) is 19.3 Å². The highest BCUT2D eigenvalue weighted by molar-refractivity contribution is 4.75. The molecule has 0 aliphatic rings. The van der Waals surface area contributed by atoms with Crippen LogP contribution >= 0.6 is 0 Å². The highest BCUT2D eigenvalue weighted by Crippen LogP contribution is 2.06. The van der Waals surface area contributed by atoms with Crippen molar-refractivity contribution in [2.75, 3.05) is 47.1 Å². The summed E-state index contributed by atoms with van der Waals surface area (Å²) < 4.78 is 10.5. The number of rotatable bonds is 13.